The van der Waals surface area contributed by atoms with Crippen molar-refractivity contribution >= 4 is 0 Å². The lowest BCUT2D eigenvalue weighted by molar-refractivity contribution is 0.395. The van der Waals surface area contributed by atoms with Crippen molar-refractivity contribution in [2.45, 2.75) is 0 Å². The maximum absolute atomic E-state index is 5.90. The number of methoxy groups -OCH3 is 4. The molecule has 0 unspecified atom stereocenters. The van der Waals surface area contributed by atoms with E-state index in [2.05, 4.69) is 72.8 Å². The van der Waals surface area contributed by atoms with Gasteiger partial charge in [-0.2, -0.15) is 0 Å². The largest absolute Gasteiger partial charge is 0.497 e. The highest BCUT2D eigenvalue weighted by Gasteiger charge is 2.21. The molecule has 5 aromatic rings. The Morgan fingerprint density at radius 2 is 0.868 bits per heavy atom. The molecule has 0 heterocycles. The van der Waals surface area contributed by atoms with Crippen molar-refractivity contribution < 1.29 is 18.9 Å². The third-order valence-corrected chi connectivity index (χ3v) is 6.74. The molecule has 0 aliphatic carbocycles. The van der Waals surface area contributed by atoms with Crippen molar-refractivity contribution in [3.8, 4) is 67.5 Å². The Hall–Kier alpha value is -4.70. The molecule has 0 spiro atoms. The average molecular weight is 503 g/mol. The summed E-state index contributed by atoms with van der Waals surface area (Å²) in [6, 6.07) is 37.2. The van der Waals surface area contributed by atoms with Crippen molar-refractivity contribution in [2.24, 2.45) is 0 Å². The molecule has 0 aliphatic rings. The van der Waals surface area contributed by atoms with Gasteiger partial charge < -0.3 is 18.9 Å². The first kappa shape index (κ1) is 25.0. The molecule has 4 nitrogen and oxygen atoms in total. The summed E-state index contributed by atoms with van der Waals surface area (Å²) in [5, 5.41) is 0. The molecule has 0 saturated heterocycles. The lowest BCUT2D eigenvalue weighted by atomic mass is 9.84. The number of hydrogen-bond acceptors (Lipinski definition) is 4. The average Bonchev–Trinajstić information content (AvgIpc) is 3.00. The molecule has 0 amide bonds. The van der Waals surface area contributed by atoms with Gasteiger partial charge in [-0.15, -0.1) is 0 Å². The number of rotatable bonds is 8. The van der Waals surface area contributed by atoms with Gasteiger partial charge in [-0.25, -0.2) is 0 Å². The molecule has 0 bridgehead atoms. The van der Waals surface area contributed by atoms with Crippen LogP contribution in [0.2, 0.25) is 0 Å². The zero-order chi connectivity index (χ0) is 26.5. The SMILES string of the molecule is COc1ccc(-c2cccc(-c3ccccc3-c3ccccc3)c2-c2ccc(OC)cc2OC)c(OC)c1. The Morgan fingerprint density at radius 1 is 0.368 bits per heavy atom. The molecular formula is C34H30O4. The van der Waals surface area contributed by atoms with Crippen LogP contribution in [0.3, 0.4) is 0 Å². The van der Waals surface area contributed by atoms with Crippen LogP contribution in [0.5, 0.6) is 23.0 Å². The van der Waals surface area contributed by atoms with E-state index in [0.717, 1.165) is 67.5 Å². The van der Waals surface area contributed by atoms with Gasteiger partial charge in [0.05, 0.1) is 28.4 Å². The van der Waals surface area contributed by atoms with Crippen molar-refractivity contribution in [1.82, 2.24) is 0 Å². The van der Waals surface area contributed by atoms with Gasteiger partial charge in [-0.05, 0) is 52.1 Å². The van der Waals surface area contributed by atoms with Crippen molar-refractivity contribution in [2.75, 3.05) is 28.4 Å². The van der Waals surface area contributed by atoms with E-state index in [1.54, 1.807) is 28.4 Å². The smallest absolute Gasteiger partial charge is 0.130 e. The minimum Gasteiger partial charge on any atom is -0.497 e. The fraction of sp³-hybridized carbons (Fsp3) is 0.118. The number of benzene rings is 5. The highest BCUT2D eigenvalue weighted by Crippen LogP contribution is 2.48. The third-order valence-electron chi connectivity index (χ3n) is 6.74. The maximum atomic E-state index is 5.90. The molecule has 5 aromatic carbocycles. The predicted molar refractivity (Wildman–Crippen MR) is 154 cm³/mol. The van der Waals surface area contributed by atoms with Crippen LogP contribution >= 0.6 is 0 Å². The Balaban J connectivity index is 1.86. The van der Waals surface area contributed by atoms with E-state index in [4.69, 9.17) is 18.9 Å². The first-order valence-electron chi connectivity index (χ1n) is 12.4. The van der Waals surface area contributed by atoms with Crippen LogP contribution in [0, 0.1) is 0 Å². The lowest BCUT2D eigenvalue weighted by Crippen LogP contribution is -1.97. The summed E-state index contributed by atoms with van der Waals surface area (Å²) in [6.07, 6.45) is 0. The summed E-state index contributed by atoms with van der Waals surface area (Å²) in [5.41, 5.74) is 8.50. The second-order valence-corrected chi connectivity index (χ2v) is 8.77. The van der Waals surface area contributed by atoms with Gasteiger partial charge in [0.1, 0.15) is 23.0 Å². The van der Waals surface area contributed by atoms with E-state index in [0.29, 0.717) is 0 Å². The van der Waals surface area contributed by atoms with Gasteiger partial charge in [0.15, 0.2) is 0 Å². The quantitative estimate of drug-likeness (QED) is 0.213. The molecule has 0 saturated carbocycles. The fourth-order valence-electron chi connectivity index (χ4n) is 4.90. The summed E-state index contributed by atoms with van der Waals surface area (Å²) in [6.45, 7) is 0. The predicted octanol–water partition coefficient (Wildman–Crippen LogP) is 8.39. The van der Waals surface area contributed by atoms with Crippen LogP contribution in [-0.2, 0) is 0 Å². The molecule has 5 rings (SSSR count). The second-order valence-electron chi connectivity index (χ2n) is 8.77. The Bertz CT molecular complexity index is 1560. The van der Waals surface area contributed by atoms with Crippen LogP contribution in [0.4, 0.5) is 0 Å². The molecule has 0 radical (unpaired) electrons. The second kappa shape index (κ2) is 11.1. The van der Waals surface area contributed by atoms with Gasteiger partial charge >= 0.3 is 0 Å². The van der Waals surface area contributed by atoms with Crippen LogP contribution in [0.1, 0.15) is 0 Å². The normalized spacial score (nSPS) is 10.6. The molecule has 0 aliphatic heterocycles. The monoisotopic (exact) mass is 502 g/mol. The molecular weight excluding hydrogens is 472 g/mol. The summed E-state index contributed by atoms with van der Waals surface area (Å²) in [4.78, 5) is 0. The van der Waals surface area contributed by atoms with Gasteiger partial charge in [-0.1, -0.05) is 72.8 Å². The van der Waals surface area contributed by atoms with E-state index in [1.807, 2.05) is 36.4 Å². The van der Waals surface area contributed by atoms with Crippen LogP contribution in [0.25, 0.3) is 44.5 Å². The maximum Gasteiger partial charge on any atom is 0.130 e. The van der Waals surface area contributed by atoms with Crippen molar-refractivity contribution in [3.05, 3.63) is 109 Å². The summed E-state index contributed by atoms with van der Waals surface area (Å²) in [7, 11) is 6.68. The topological polar surface area (TPSA) is 36.9 Å². The van der Waals surface area contributed by atoms with Crippen LogP contribution < -0.4 is 18.9 Å². The van der Waals surface area contributed by atoms with Crippen LogP contribution in [-0.4, -0.2) is 28.4 Å². The zero-order valence-electron chi connectivity index (χ0n) is 22.0. The molecule has 0 N–H and O–H groups in total. The first-order chi connectivity index (χ1) is 18.7. The minimum absolute atomic E-state index is 0.725. The fourth-order valence-corrected chi connectivity index (χ4v) is 4.90. The lowest BCUT2D eigenvalue weighted by Gasteiger charge is -2.21. The third kappa shape index (κ3) is 4.69. The zero-order valence-corrected chi connectivity index (χ0v) is 22.0. The molecule has 38 heavy (non-hydrogen) atoms. The molecule has 0 fully saturated rings. The van der Waals surface area contributed by atoms with E-state index in [9.17, 15) is 0 Å². The number of hydrogen-bond donors (Lipinski definition) is 0. The van der Waals surface area contributed by atoms with E-state index >= 15 is 0 Å². The van der Waals surface area contributed by atoms with Gasteiger partial charge in [0.25, 0.3) is 0 Å². The van der Waals surface area contributed by atoms with Crippen molar-refractivity contribution in [1.29, 1.82) is 0 Å². The van der Waals surface area contributed by atoms with Gasteiger partial charge in [-0.3, -0.25) is 0 Å². The molecule has 0 atom stereocenters. The molecule has 4 heteroatoms. The standard InChI is InChI=1S/C34H30O4/c1-35-24-17-19-28(32(21-24)37-3)30-16-10-15-29(34(30)31-20-18-25(36-2)22-33(31)38-4)27-14-9-8-13-26(27)23-11-6-5-7-12-23/h5-22H,1-4H3. The highest BCUT2D eigenvalue weighted by molar-refractivity contribution is 6.00. The number of ether oxygens (including phenoxy) is 4. The summed E-state index contributed by atoms with van der Waals surface area (Å²) < 4.78 is 22.7. The molecule has 190 valence electrons. The van der Waals surface area contributed by atoms with E-state index in [1.165, 1.54) is 0 Å². The molecule has 0 aromatic heterocycles. The van der Waals surface area contributed by atoms with E-state index < -0.39 is 0 Å². The van der Waals surface area contributed by atoms with Gasteiger partial charge in [0.2, 0.25) is 0 Å². The van der Waals surface area contributed by atoms with E-state index in [-0.39, 0.29) is 0 Å². The summed E-state index contributed by atoms with van der Waals surface area (Å²) >= 11 is 0. The summed E-state index contributed by atoms with van der Waals surface area (Å²) in [5.74, 6) is 2.92. The Labute approximate surface area is 224 Å². The minimum atomic E-state index is 0.725. The highest BCUT2D eigenvalue weighted by atomic mass is 16.5. The first-order valence-corrected chi connectivity index (χ1v) is 12.4. The van der Waals surface area contributed by atoms with Crippen LogP contribution in [0.15, 0.2) is 109 Å². The Kier molecular flexibility index (Phi) is 7.32. The van der Waals surface area contributed by atoms with Crippen molar-refractivity contribution in [3.63, 3.8) is 0 Å². The van der Waals surface area contributed by atoms with Gasteiger partial charge in [0, 0.05) is 28.8 Å². The Morgan fingerprint density at radius 3 is 1.47 bits per heavy atom.